The molecule has 1 fully saturated rings. The van der Waals surface area contributed by atoms with Crippen molar-refractivity contribution in [2.24, 2.45) is 5.92 Å². The van der Waals surface area contributed by atoms with E-state index in [0.29, 0.717) is 11.9 Å². The third-order valence-electron chi connectivity index (χ3n) is 7.78. The van der Waals surface area contributed by atoms with Crippen molar-refractivity contribution < 1.29 is 29.0 Å². The number of nitrogens with zero attached hydrogens (tertiary/aromatic N) is 4. The second kappa shape index (κ2) is 12.4. The maximum absolute atomic E-state index is 13.9. The molecule has 230 valence electrons. The molecule has 0 bridgehead atoms. The number of ether oxygens (including phenoxy) is 1. The van der Waals surface area contributed by atoms with Gasteiger partial charge in [-0.1, -0.05) is 19.9 Å². The molecular formula is C32H41N5O6. The molecule has 1 saturated heterocycles. The van der Waals surface area contributed by atoms with E-state index in [0.717, 1.165) is 29.6 Å². The quantitative estimate of drug-likeness (QED) is 0.385. The van der Waals surface area contributed by atoms with Crippen molar-refractivity contribution in [3.8, 4) is 5.69 Å². The minimum absolute atomic E-state index is 0.194. The predicted octanol–water partition coefficient (Wildman–Crippen LogP) is 4.78. The molecule has 0 aliphatic carbocycles. The lowest BCUT2D eigenvalue weighted by molar-refractivity contribution is -0.139. The molecule has 3 atom stereocenters. The van der Waals surface area contributed by atoms with E-state index in [4.69, 9.17) is 4.74 Å². The number of fused-ring (bicyclic) bond motifs is 1. The zero-order valence-corrected chi connectivity index (χ0v) is 25.8. The standard InChI is InChI=1S/C32H41N5O6/c1-19(2)27(34-28(38)20(3)35(7)31(42)43-32(4,5)6)29(39)37-14-9-12-25(37)21-16-22(18-33-17-21)36-15-13-23-24(30(40)41)10-8-11-26(23)36/h8,10-11,13,15-20,25,27H,9,12,14H2,1-7H3,(H,34,38)(H,40,41). The van der Waals surface area contributed by atoms with Gasteiger partial charge < -0.3 is 24.6 Å². The largest absolute Gasteiger partial charge is 0.478 e. The smallest absolute Gasteiger partial charge is 0.410 e. The Kier molecular flexibility index (Phi) is 9.12. The number of hydrogen-bond acceptors (Lipinski definition) is 6. The summed E-state index contributed by atoms with van der Waals surface area (Å²) in [5, 5.41) is 13.1. The minimum Gasteiger partial charge on any atom is -0.478 e. The first-order chi connectivity index (χ1) is 20.2. The van der Waals surface area contributed by atoms with Gasteiger partial charge in [0.1, 0.15) is 17.7 Å². The molecule has 3 aromatic rings. The fraction of sp³-hybridized carbons (Fsp3) is 0.469. The maximum Gasteiger partial charge on any atom is 0.410 e. The molecule has 3 amide bonds. The lowest BCUT2D eigenvalue weighted by atomic mass is 10.00. The van der Waals surface area contributed by atoms with Crippen LogP contribution in [0.25, 0.3) is 16.6 Å². The number of likely N-dealkylation sites (N-methyl/N-ethyl adjacent to an activating group) is 1. The summed E-state index contributed by atoms with van der Waals surface area (Å²) in [7, 11) is 1.50. The summed E-state index contributed by atoms with van der Waals surface area (Å²) in [5.41, 5.74) is 1.87. The van der Waals surface area contributed by atoms with Gasteiger partial charge in [-0.25, -0.2) is 9.59 Å². The van der Waals surface area contributed by atoms with Gasteiger partial charge in [0.25, 0.3) is 0 Å². The third kappa shape index (κ3) is 6.81. The number of carbonyl (C=O) groups excluding carboxylic acids is 3. The second-order valence-electron chi connectivity index (χ2n) is 12.4. The molecule has 3 heterocycles. The number of rotatable bonds is 8. The first kappa shape index (κ1) is 31.5. The van der Waals surface area contributed by atoms with Crippen molar-refractivity contribution in [1.82, 2.24) is 24.7 Å². The van der Waals surface area contributed by atoms with E-state index in [1.54, 1.807) is 63.2 Å². The van der Waals surface area contributed by atoms with Gasteiger partial charge in [-0.3, -0.25) is 19.5 Å². The monoisotopic (exact) mass is 591 g/mol. The van der Waals surface area contributed by atoms with Crippen LogP contribution in [-0.2, 0) is 14.3 Å². The van der Waals surface area contributed by atoms with E-state index >= 15 is 0 Å². The van der Waals surface area contributed by atoms with Crippen molar-refractivity contribution in [1.29, 1.82) is 0 Å². The van der Waals surface area contributed by atoms with E-state index in [9.17, 15) is 24.3 Å². The van der Waals surface area contributed by atoms with Crippen LogP contribution < -0.4 is 5.32 Å². The van der Waals surface area contributed by atoms with Gasteiger partial charge in [0, 0.05) is 31.4 Å². The van der Waals surface area contributed by atoms with Gasteiger partial charge in [0.15, 0.2) is 0 Å². The van der Waals surface area contributed by atoms with Crippen LogP contribution in [0.5, 0.6) is 0 Å². The van der Waals surface area contributed by atoms with Crippen molar-refractivity contribution in [3.05, 3.63) is 60.0 Å². The Morgan fingerprint density at radius 1 is 1.12 bits per heavy atom. The number of aromatic nitrogens is 2. The van der Waals surface area contributed by atoms with Gasteiger partial charge >= 0.3 is 12.1 Å². The summed E-state index contributed by atoms with van der Waals surface area (Å²) in [6, 6.07) is 7.01. The van der Waals surface area contributed by atoms with Crippen molar-refractivity contribution >= 4 is 34.8 Å². The molecule has 1 aliphatic rings. The van der Waals surface area contributed by atoms with Gasteiger partial charge in [0.05, 0.1) is 29.0 Å². The van der Waals surface area contributed by atoms with Crippen LogP contribution in [0.1, 0.15) is 76.3 Å². The first-order valence-corrected chi connectivity index (χ1v) is 14.5. The summed E-state index contributed by atoms with van der Waals surface area (Å²) >= 11 is 0. The Bertz CT molecular complexity index is 1520. The Morgan fingerprint density at radius 2 is 1.84 bits per heavy atom. The normalized spacial score (nSPS) is 16.7. The van der Waals surface area contributed by atoms with Crippen LogP contribution in [0, 0.1) is 5.92 Å². The van der Waals surface area contributed by atoms with Gasteiger partial charge in [0.2, 0.25) is 11.8 Å². The molecule has 0 saturated carbocycles. The lowest BCUT2D eigenvalue weighted by Gasteiger charge is -2.33. The van der Waals surface area contributed by atoms with E-state index in [2.05, 4.69) is 10.3 Å². The fourth-order valence-corrected chi connectivity index (χ4v) is 5.35. The van der Waals surface area contributed by atoms with E-state index in [1.807, 2.05) is 36.7 Å². The highest BCUT2D eigenvalue weighted by atomic mass is 16.6. The molecule has 11 nitrogen and oxygen atoms in total. The van der Waals surface area contributed by atoms with Crippen LogP contribution in [0.4, 0.5) is 4.79 Å². The molecule has 11 heteroatoms. The molecule has 0 radical (unpaired) electrons. The SMILES string of the molecule is CC(C)C(NC(=O)C(C)N(C)C(=O)OC(C)(C)C)C(=O)N1CCCC1c1cncc(-n2ccc3c(C(=O)O)cccc32)c1. The molecule has 2 aromatic heterocycles. The number of nitrogens with one attached hydrogen (secondary N) is 1. The van der Waals surface area contributed by atoms with Crippen molar-refractivity contribution in [2.45, 2.75) is 78.1 Å². The fourth-order valence-electron chi connectivity index (χ4n) is 5.35. The predicted molar refractivity (Wildman–Crippen MR) is 162 cm³/mol. The van der Waals surface area contributed by atoms with Crippen LogP contribution in [-0.4, -0.2) is 79.6 Å². The zero-order chi connectivity index (χ0) is 31.6. The molecule has 1 aromatic carbocycles. The van der Waals surface area contributed by atoms with Crippen LogP contribution in [0.2, 0.25) is 0 Å². The first-order valence-electron chi connectivity index (χ1n) is 14.5. The molecule has 2 N–H and O–H groups in total. The van der Waals surface area contributed by atoms with Gasteiger partial charge in [-0.15, -0.1) is 0 Å². The molecule has 43 heavy (non-hydrogen) atoms. The highest BCUT2D eigenvalue weighted by molar-refractivity contribution is 6.03. The minimum atomic E-state index is -0.993. The van der Waals surface area contributed by atoms with Gasteiger partial charge in [-0.05, 0) is 76.3 Å². The Balaban J connectivity index is 1.54. The van der Waals surface area contributed by atoms with E-state index in [-0.39, 0.29) is 23.4 Å². The summed E-state index contributed by atoms with van der Waals surface area (Å²) < 4.78 is 7.28. The number of pyridine rings is 1. The summed E-state index contributed by atoms with van der Waals surface area (Å²) in [4.78, 5) is 58.8. The molecule has 1 aliphatic heterocycles. The summed E-state index contributed by atoms with van der Waals surface area (Å²) in [6.45, 7) is 11.2. The lowest BCUT2D eigenvalue weighted by Crippen LogP contribution is -2.55. The topological polar surface area (TPSA) is 134 Å². The molecular weight excluding hydrogens is 550 g/mol. The molecule has 4 rings (SSSR count). The average molecular weight is 592 g/mol. The number of carboxylic acids is 1. The third-order valence-corrected chi connectivity index (χ3v) is 7.78. The molecule has 0 spiro atoms. The maximum atomic E-state index is 13.9. The average Bonchev–Trinajstić information content (AvgIpc) is 3.61. The zero-order valence-electron chi connectivity index (χ0n) is 25.8. The van der Waals surface area contributed by atoms with E-state index < -0.39 is 35.7 Å². The Morgan fingerprint density at radius 3 is 2.49 bits per heavy atom. The Hall–Kier alpha value is -4.41. The van der Waals surface area contributed by atoms with Crippen LogP contribution in [0.15, 0.2) is 48.9 Å². The van der Waals surface area contributed by atoms with E-state index in [1.165, 1.54) is 11.9 Å². The highest BCUT2D eigenvalue weighted by Crippen LogP contribution is 2.34. The van der Waals surface area contributed by atoms with Crippen LogP contribution >= 0.6 is 0 Å². The number of hydrogen-bond donors (Lipinski definition) is 2. The highest BCUT2D eigenvalue weighted by Gasteiger charge is 2.37. The van der Waals surface area contributed by atoms with Crippen LogP contribution in [0.3, 0.4) is 0 Å². The number of carboxylic acid groups (broad SMARTS) is 1. The summed E-state index contributed by atoms with van der Waals surface area (Å²) in [6.07, 6.45) is 6.18. The number of aromatic carboxylic acids is 1. The number of carbonyl (C=O) groups is 4. The van der Waals surface area contributed by atoms with Crippen molar-refractivity contribution in [3.63, 3.8) is 0 Å². The number of amides is 3. The van der Waals surface area contributed by atoms with Crippen molar-refractivity contribution in [2.75, 3.05) is 13.6 Å². The Labute approximate surface area is 251 Å². The number of likely N-dealkylation sites (tertiary alicyclic amines) is 1. The summed E-state index contributed by atoms with van der Waals surface area (Å²) in [5.74, 6) is -1.83. The van der Waals surface area contributed by atoms with Gasteiger partial charge in [-0.2, -0.15) is 0 Å². The molecule has 3 unspecified atom stereocenters. The number of benzene rings is 1. The second-order valence-corrected chi connectivity index (χ2v) is 12.4.